The Balaban J connectivity index is 2.06. The molecule has 140 valence electrons. The molecule has 0 unspecified atom stereocenters. The molecule has 1 fully saturated rings. The summed E-state index contributed by atoms with van der Waals surface area (Å²) in [6.45, 7) is 8.28. The second-order valence-electron chi connectivity index (χ2n) is 8.57. The summed E-state index contributed by atoms with van der Waals surface area (Å²) in [5.74, 6) is -0.00848. The van der Waals surface area contributed by atoms with E-state index in [1.165, 1.54) is 12.3 Å². The van der Waals surface area contributed by atoms with Gasteiger partial charge in [-0.2, -0.15) is 0 Å². The maximum Gasteiger partial charge on any atom is 0.272 e. The van der Waals surface area contributed by atoms with Crippen LogP contribution >= 0.6 is 0 Å². The summed E-state index contributed by atoms with van der Waals surface area (Å²) < 4.78 is 29.2. The average Bonchev–Trinajstić information content (AvgIpc) is 2.49. The molecular formula is C19H28F2N2O2. The lowest BCUT2D eigenvalue weighted by Crippen LogP contribution is -2.47. The molecule has 0 N–H and O–H groups in total. The fourth-order valence-corrected chi connectivity index (χ4v) is 4.17. The Labute approximate surface area is 148 Å². The third-order valence-corrected chi connectivity index (χ3v) is 4.74. The second kappa shape index (κ2) is 7.26. The van der Waals surface area contributed by atoms with E-state index in [0.717, 1.165) is 19.3 Å². The van der Waals surface area contributed by atoms with Crippen LogP contribution in [0.15, 0.2) is 18.3 Å². The highest BCUT2D eigenvalue weighted by atomic mass is 19.3. The van der Waals surface area contributed by atoms with Gasteiger partial charge in [0.2, 0.25) is 5.88 Å². The van der Waals surface area contributed by atoms with Gasteiger partial charge in [0.25, 0.3) is 12.3 Å². The minimum Gasteiger partial charge on any atom is -0.472 e. The molecule has 2 rings (SSSR count). The molecule has 4 nitrogen and oxygen atoms in total. The van der Waals surface area contributed by atoms with Crippen LogP contribution in [0.5, 0.6) is 5.88 Å². The summed E-state index contributed by atoms with van der Waals surface area (Å²) in [5, 5.41) is 0. The Morgan fingerprint density at radius 3 is 2.36 bits per heavy atom. The quantitative estimate of drug-likeness (QED) is 0.787. The van der Waals surface area contributed by atoms with Crippen LogP contribution in [-0.4, -0.2) is 41.9 Å². The van der Waals surface area contributed by atoms with E-state index in [4.69, 9.17) is 4.74 Å². The number of hydrogen-bond acceptors (Lipinski definition) is 3. The lowest BCUT2D eigenvalue weighted by Gasteiger charge is -2.47. The smallest absolute Gasteiger partial charge is 0.272 e. The van der Waals surface area contributed by atoms with E-state index in [2.05, 4.69) is 32.7 Å². The Bertz CT molecular complexity index is 584. The predicted molar refractivity (Wildman–Crippen MR) is 93.0 cm³/mol. The van der Waals surface area contributed by atoms with Gasteiger partial charge in [0, 0.05) is 25.4 Å². The molecule has 1 heterocycles. The largest absolute Gasteiger partial charge is 0.472 e. The molecule has 0 saturated heterocycles. The number of halogens is 2. The van der Waals surface area contributed by atoms with Crippen molar-refractivity contribution in [2.75, 3.05) is 13.7 Å². The van der Waals surface area contributed by atoms with Gasteiger partial charge in [0.15, 0.2) is 6.61 Å². The molecule has 1 aromatic rings. The van der Waals surface area contributed by atoms with E-state index >= 15 is 0 Å². The zero-order valence-corrected chi connectivity index (χ0v) is 15.7. The lowest BCUT2D eigenvalue weighted by molar-refractivity contribution is 0.0302. The molecule has 0 spiro atoms. The fraction of sp³-hybridized carbons (Fsp3) is 0.684. The molecule has 0 atom stereocenters. The maximum atomic E-state index is 12.8. The number of rotatable bonds is 5. The van der Waals surface area contributed by atoms with Crippen molar-refractivity contribution in [2.24, 2.45) is 10.8 Å². The summed E-state index contributed by atoms with van der Waals surface area (Å²) in [7, 11) is 1.83. The van der Waals surface area contributed by atoms with Gasteiger partial charge in [-0.05, 0) is 36.2 Å². The highest BCUT2D eigenvalue weighted by Gasteiger charge is 2.40. The van der Waals surface area contributed by atoms with E-state index in [1.54, 1.807) is 11.0 Å². The number of pyridine rings is 1. The van der Waals surface area contributed by atoms with Gasteiger partial charge in [-0.15, -0.1) is 0 Å². The van der Waals surface area contributed by atoms with Crippen LogP contribution in [0.1, 0.15) is 57.3 Å². The third kappa shape index (κ3) is 5.38. The van der Waals surface area contributed by atoms with Crippen LogP contribution in [0.25, 0.3) is 0 Å². The van der Waals surface area contributed by atoms with E-state index in [9.17, 15) is 13.6 Å². The number of hydrogen-bond donors (Lipinski definition) is 0. The van der Waals surface area contributed by atoms with Crippen LogP contribution in [0.2, 0.25) is 0 Å². The number of carbonyl (C=O) groups is 1. The fourth-order valence-electron chi connectivity index (χ4n) is 4.17. The van der Waals surface area contributed by atoms with Crippen LogP contribution < -0.4 is 4.74 Å². The van der Waals surface area contributed by atoms with Crippen molar-refractivity contribution < 1.29 is 18.3 Å². The number of nitrogens with zero attached hydrogens (tertiary/aromatic N) is 2. The standard InChI is InChI=1S/C19H28F2N2O2/c1-18(2)8-14(9-19(3,4)12-18)23(5)17(24)13-6-7-16(22-10-13)25-11-15(20)21/h6-7,10,14-15H,8-9,11-12H2,1-5H3. The lowest BCUT2D eigenvalue weighted by atomic mass is 9.63. The van der Waals surface area contributed by atoms with E-state index in [0.29, 0.717) is 5.56 Å². The molecule has 0 bridgehead atoms. The molecule has 25 heavy (non-hydrogen) atoms. The van der Waals surface area contributed by atoms with Crippen molar-refractivity contribution in [3.63, 3.8) is 0 Å². The molecule has 1 saturated carbocycles. The molecule has 0 aliphatic heterocycles. The van der Waals surface area contributed by atoms with Crippen molar-refractivity contribution in [3.05, 3.63) is 23.9 Å². The van der Waals surface area contributed by atoms with Crippen LogP contribution in [0.4, 0.5) is 8.78 Å². The third-order valence-electron chi connectivity index (χ3n) is 4.74. The van der Waals surface area contributed by atoms with Crippen molar-refractivity contribution in [2.45, 2.75) is 59.4 Å². The SMILES string of the molecule is CN(C(=O)c1ccc(OCC(F)F)nc1)C1CC(C)(C)CC(C)(C)C1. The van der Waals surface area contributed by atoms with Crippen molar-refractivity contribution in [3.8, 4) is 5.88 Å². The molecule has 1 amide bonds. The topological polar surface area (TPSA) is 42.4 Å². The number of alkyl halides is 2. The Morgan fingerprint density at radius 1 is 1.28 bits per heavy atom. The summed E-state index contributed by atoms with van der Waals surface area (Å²) >= 11 is 0. The van der Waals surface area contributed by atoms with Gasteiger partial charge in [-0.1, -0.05) is 27.7 Å². The average molecular weight is 354 g/mol. The van der Waals surface area contributed by atoms with Crippen LogP contribution in [0, 0.1) is 10.8 Å². The number of amides is 1. The van der Waals surface area contributed by atoms with Crippen LogP contribution in [0.3, 0.4) is 0 Å². The van der Waals surface area contributed by atoms with Gasteiger partial charge >= 0.3 is 0 Å². The van der Waals surface area contributed by atoms with Gasteiger partial charge in [0.05, 0.1) is 5.56 Å². The van der Waals surface area contributed by atoms with Crippen LogP contribution in [-0.2, 0) is 0 Å². The second-order valence-corrected chi connectivity index (χ2v) is 8.57. The molecule has 1 aliphatic carbocycles. The van der Waals surface area contributed by atoms with E-state index < -0.39 is 13.0 Å². The minimum absolute atomic E-state index is 0.0967. The van der Waals surface area contributed by atoms with Gasteiger partial charge in [-0.25, -0.2) is 13.8 Å². The number of ether oxygens (including phenoxy) is 1. The first-order valence-electron chi connectivity index (χ1n) is 8.63. The molecule has 1 aromatic heterocycles. The minimum atomic E-state index is -2.55. The molecule has 0 aromatic carbocycles. The van der Waals surface area contributed by atoms with E-state index in [-0.39, 0.29) is 28.7 Å². The first-order chi connectivity index (χ1) is 11.5. The number of aromatic nitrogens is 1. The van der Waals surface area contributed by atoms with Gasteiger partial charge < -0.3 is 9.64 Å². The predicted octanol–water partition coefficient (Wildman–Crippen LogP) is 4.40. The zero-order chi connectivity index (χ0) is 18.8. The van der Waals surface area contributed by atoms with Crippen molar-refractivity contribution in [1.29, 1.82) is 0 Å². The summed E-state index contributed by atoms with van der Waals surface area (Å²) in [4.78, 5) is 18.5. The van der Waals surface area contributed by atoms with Crippen molar-refractivity contribution in [1.82, 2.24) is 9.88 Å². The molecule has 0 radical (unpaired) electrons. The summed E-state index contributed by atoms with van der Waals surface area (Å²) in [5.41, 5.74) is 0.811. The molecular weight excluding hydrogens is 326 g/mol. The highest BCUT2D eigenvalue weighted by molar-refractivity contribution is 5.94. The Hall–Kier alpha value is -1.72. The Kier molecular flexibility index (Phi) is 5.69. The highest BCUT2D eigenvalue weighted by Crippen LogP contribution is 2.47. The molecule has 6 heteroatoms. The normalized spacial score (nSPS) is 19.7. The summed E-state index contributed by atoms with van der Waals surface area (Å²) in [6.07, 6.45) is 1.89. The maximum absolute atomic E-state index is 12.8. The Morgan fingerprint density at radius 2 is 1.88 bits per heavy atom. The number of carbonyl (C=O) groups excluding carboxylic acids is 1. The van der Waals surface area contributed by atoms with Crippen molar-refractivity contribution >= 4 is 5.91 Å². The monoisotopic (exact) mass is 354 g/mol. The van der Waals surface area contributed by atoms with Gasteiger partial charge in [0.1, 0.15) is 0 Å². The van der Waals surface area contributed by atoms with E-state index in [1.807, 2.05) is 7.05 Å². The van der Waals surface area contributed by atoms with Gasteiger partial charge in [-0.3, -0.25) is 4.79 Å². The summed E-state index contributed by atoms with van der Waals surface area (Å²) in [6, 6.07) is 3.20. The first-order valence-corrected chi connectivity index (χ1v) is 8.63. The zero-order valence-electron chi connectivity index (χ0n) is 15.7. The molecule has 1 aliphatic rings. The first kappa shape index (κ1) is 19.6.